The molecule has 3 aromatic heterocycles. The number of carbonyl (C=O) groups excluding carboxylic acids is 4. The smallest absolute Gasteiger partial charge is 0.413 e. The summed E-state index contributed by atoms with van der Waals surface area (Å²) in [6.45, 7) is 8.91. The molecule has 0 aliphatic heterocycles. The van der Waals surface area contributed by atoms with E-state index in [0.29, 0.717) is 16.9 Å². The zero-order valence-corrected chi connectivity index (χ0v) is 26.9. The maximum Gasteiger partial charge on any atom is 0.413 e. The van der Waals surface area contributed by atoms with Gasteiger partial charge in [0.05, 0.1) is 5.52 Å². The summed E-state index contributed by atoms with van der Waals surface area (Å²) < 4.78 is 15.1. The number of aromatic nitrogens is 4. The van der Waals surface area contributed by atoms with Crippen molar-refractivity contribution in [2.45, 2.75) is 32.8 Å². The number of ether oxygens (including phenoxy) is 2. The second-order valence-electron chi connectivity index (χ2n) is 12.0. The second-order valence-corrected chi connectivity index (χ2v) is 12.0. The van der Waals surface area contributed by atoms with Crippen molar-refractivity contribution in [2.24, 2.45) is 14.1 Å². The van der Waals surface area contributed by atoms with Gasteiger partial charge in [0, 0.05) is 55.7 Å². The molecule has 5 rings (SSSR count). The first-order valence-corrected chi connectivity index (χ1v) is 14.8. The third-order valence-corrected chi connectivity index (χ3v) is 7.12. The van der Waals surface area contributed by atoms with Crippen LogP contribution in [0.3, 0.4) is 0 Å². The Labute approximate surface area is 271 Å². The van der Waals surface area contributed by atoms with Crippen LogP contribution in [-0.4, -0.2) is 54.8 Å². The highest BCUT2D eigenvalue weighted by Crippen LogP contribution is 2.26. The van der Waals surface area contributed by atoms with Gasteiger partial charge in [0.25, 0.3) is 5.91 Å². The fourth-order valence-electron chi connectivity index (χ4n) is 5.02. The van der Waals surface area contributed by atoms with Gasteiger partial charge in [0.1, 0.15) is 17.9 Å². The molecule has 0 atom stereocenters. The molecule has 3 heterocycles. The Bertz CT molecular complexity index is 1990. The number of amides is 2. The van der Waals surface area contributed by atoms with E-state index in [1.165, 1.54) is 6.08 Å². The van der Waals surface area contributed by atoms with Crippen molar-refractivity contribution in [1.29, 1.82) is 0 Å². The van der Waals surface area contributed by atoms with E-state index in [0.717, 1.165) is 22.1 Å². The number of rotatable bonds is 9. The largest absolute Gasteiger partial charge is 0.445 e. The zero-order chi connectivity index (χ0) is 33.9. The number of benzene rings is 2. The first-order valence-electron chi connectivity index (χ1n) is 14.8. The summed E-state index contributed by atoms with van der Waals surface area (Å²) >= 11 is 0. The van der Waals surface area contributed by atoms with Gasteiger partial charge in [-0.15, -0.1) is 0 Å². The molecule has 12 heteroatoms. The highest BCUT2D eigenvalue weighted by molar-refractivity contribution is 6.03. The van der Waals surface area contributed by atoms with Crippen molar-refractivity contribution in [3.8, 4) is 11.1 Å². The molecule has 0 aliphatic rings. The number of fused-ring (bicyclic) bond motifs is 1. The minimum absolute atomic E-state index is 0.103. The maximum absolute atomic E-state index is 13.6. The van der Waals surface area contributed by atoms with Gasteiger partial charge in [0.15, 0.2) is 11.6 Å². The molecule has 0 radical (unpaired) electrons. The average Bonchev–Trinajstić information content (AvgIpc) is 3.71. The number of nitrogens with zero attached hydrogens (tertiary/aromatic N) is 4. The molecule has 0 aliphatic carbocycles. The fraction of sp³-hybridized carbons (Fsp3) is 0.229. The van der Waals surface area contributed by atoms with Crippen LogP contribution >= 0.6 is 0 Å². The Balaban J connectivity index is 1.25. The maximum atomic E-state index is 13.6. The first kappa shape index (κ1) is 32.5. The minimum Gasteiger partial charge on any atom is -0.445 e. The molecular weight excluding hydrogens is 600 g/mol. The number of nitrogens with one attached hydrogen (secondary N) is 2. The van der Waals surface area contributed by atoms with Gasteiger partial charge in [-0.05, 0) is 62.2 Å². The van der Waals surface area contributed by atoms with E-state index in [1.54, 1.807) is 78.2 Å². The molecular formula is C35H36N6O6. The van der Waals surface area contributed by atoms with Crippen molar-refractivity contribution in [3.05, 3.63) is 103 Å². The van der Waals surface area contributed by atoms with E-state index in [2.05, 4.69) is 22.2 Å². The number of hydrogen-bond acceptors (Lipinski definition) is 7. The molecule has 0 saturated carbocycles. The lowest BCUT2D eigenvalue weighted by Crippen LogP contribution is -2.27. The predicted octanol–water partition coefficient (Wildman–Crippen LogP) is 6.58. The third-order valence-electron chi connectivity index (χ3n) is 7.12. The van der Waals surface area contributed by atoms with Crippen LogP contribution in [0.5, 0.6) is 0 Å². The van der Waals surface area contributed by atoms with Crippen molar-refractivity contribution >= 4 is 46.3 Å². The molecule has 5 aromatic rings. The fourth-order valence-corrected chi connectivity index (χ4v) is 5.02. The molecule has 12 nitrogen and oxygen atoms in total. The van der Waals surface area contributed by atoms with Gasteiger partial charge in [-0.1, -0.05) is 36.9 Å². The van der Waals surface area contributed by atoms with Crippen molar-refractivity contribution in [1.82, 2.24) is 18.7 Å². The van der Waals surface area contributed by atoms with Crippen molar-refractivity contribution in [3.63, 3.8) is 0 Å². The van der Waals surface area contributed by atoms with Crippen LogP contribution in [0.25, 0.3) is 22.0 Å². The summed E-state index contributed by atoms with van der Waals surface area (Å²) in [5.41, 5.74) is 3.58. The van der Waals surface area contributed by atoms with E-state index in [4.69, 9.17) is 9.47 Å². The zero-order valence-electron chi connectivity index (χ0n) is 26.9. The van der Waals surface area contributed by atoms with Crippen LogP contribution in [0.1, 0.15) is 47.4 Å². The summed E-state index contributed by atoms with van der Waals surface area (Å²) in [5.74, 6) is 0.0191. The summed E-state index contributed by atoms with van der Waals surface area (Å²) in [6.07, 6.45) is 5.49. The predicted molar refractivity (Wildman–Crippen MR) is 179 cm³/mol. The lowest BCUT2D eigenvalue weighted by molar-refractivity contribution is 0.0634. The first-order chi connectivity index (χ1) is 22.3. The summed E-state index contributed by atoms with van der Waals surface area (Å²) in [7, 11) is 3.50. The van der Waals surface area contributed by atoms with Gasteiger partial charge in [-0.2, -0.15) is 0 Å². The van der Waals surface area contributed by atoms with Crippen LogP contribution in [0, 0.1) is 0 Å². The van der Waals surface area contributed by atoms with Crippen molar-refractivity contribution < 1.29 is 28.7 Å². The second kappa shape index (κ2) is 13.2. The standard InChI is InChI=1S/C35H36N6O6/c1-7-16-46-33(44)36-26-12-13-27-24(18-26)14-15-41(27)32(43)28-19-25(20-39(28)5)23-10-8-22(9-11-23)17-29(42)31-37-30(21-40(31)6)38-34(45)47-35(2,3)4/h7-15,18-21H,1,16-17H2,2-6H3,(H,36,44)(H,38,45). The summed E-state index contributed by atoms with van der Waals surface area (Å²) in [5, 5.41) is 5.99. The van der Waals surface area contributed by atoms with Crippen LogP contribution < -0.4 is 10.6 Å². The lowest BCUT2D eigenvalue weighted by Gasteiger charge is -2.18. The Morgan fingerprint density at radius 3 is 2.34 bits per heavy atom. The minimum atomic E-state index is -0.660. The number of carbonyl (C=O) groups is 4. The Morgan fingerprint density at radius 1 is 0.894 bits per heavy atom. The summed E-state index contributed by atoms with van der Waals surface area (Å²) in [6, 6.07) is 16.4. The highest BCUT2D eigenvalue weighted by Gasteiger charge is 2.21. The van der Waals surface area contributed by atoms with Gasteiger partial charge in [0.2, 0.25) is 5.78 Å². The van der Waals surface area contributed by atoms with Crippen LogP contribution in [0.4, 0.5) is 21.1 Å². The van der Waals surface area contributed by atoms with Gasteiger partial charge >= 0.3 is 12.2 Å². The molecule has 0 saturated heterocycles. The molecule has 0 fully saturated rings. The van der Waals surface area contributed by atoms with Gasteiger partial charge in [-0.3, -0.25) is 24.8 Å². The molecule has 2 amide bonds. The van der Waals surface area contributed by atoms with Gasteiger partial charge < -0.3 is 18.6 Å². The molecule has 0 unspecified atom stereocenters. The van der Waals surface area contributed by atoms with E-state index >= 15 is 0 Å². The molecule has 2 aromatic carbocycles. The highest BCUT2D eigenvalue weighted by atomic mass is 16.6. The number of anilines is 2. The number of hydrogen-bond donors (Lipinski definition) is 2. The topological polar surface area (TPSA) is 138 Å². The Kier molecular flexibility index (Phi) is 9.13. The number of imidazole rings is 1. The molecule has 47 heavy (non-hydrogen) atoms. The van der Waals surface area contributed by atoms with Gasteiger partial charge in [-0.25, -0.2) is 14.6 Å². The van der Waals surface area contributed by atoms with E-state index in [-0.39, 0.29) is 36.4 Å². The SMILES string of the molecule is C=CCOC(=O)Nc1ccc2c(ccn2C(=O)c2cc(-c3ccc(CC(=O)c4nc(NC(=O)OC(C)(C)C)cn4C)cc3)cn2C)c1. The normalized spacial score (nSPS) is 11.3. The Hall–Kier alpha value is -5.91. The van der Waals surface area contributed by atoms with E-state index < -0.39 is 17.8 Å². The van der Waals surface area contributed by atoms with Crippen molar-refractivity contribution in [2.75, 3.05) is 17.2 Å². The molecule has 242 valence electrons. The number of ketones is 1. The number of aryl methyl sites for hydroxylation is 2. The third kappa shape index (κ3) is 7.67. The van der Waals surface area contributed by atoms with Crippen LogP contribution in [0.15, 0.2) is 85.8 Å². The lowest BCUT2D eigenvalue weighted by atomic mass is 10.0. The molecule has 2 N–H and O–H groups in total. The Morgan fingerprint density at radius 2 is 1.64 bits per heavy atom. The van der Waals surface area contributed by atoms with Crippen LogP contribution in [-0.2, 0) is 30.0 Å². The summed E-state index contributed by atoms with van der Waals surface area (Å²) in [4.78, 5) is 54.9. The monoisotopic (exact) mass is 636 g/mol. The quantitative estimate of drug-likeness (QED) is 0.138. The molecule has 0 spiro atoms. The van der Waals surface area contributed by atoms with Crippen LogP contribution in [0.2, 0.25) is 0 Å². The molecule has 0 bridgehead atoms. The number of Topliss-reactive ketones (excluding diaryl/α,β-unsaturated/α-hetero) is 1. The average molecular weight is 637 g/mol. The van der Waals surface area contributed by atoms with E-state index in [1.807, 2.05) is 43.6 Å². The van der Waals surface area contributed by atoms with E-state index in [9.17, 15) is 19.2 Å².